The van der Waals surface area contributed by atoms with Crippen LogP contribution in [0.3, 0.4) is 0 Å². The number of hydrogen-bond acceptors (Lipinski definition) is 3. The van der Waals surface area contributed by atoms with Crippen LogP contribution in [0.2, 0.25) is 0 Å². The van der Waals surface area contributed by atoms with Gasteiger partial charge < -0.3 is 14.8 Å². The van der Waals surface area contributed by atoms with Gasteiger partial charge in [-0.3, -0.25) is 0 Å². The molecule has 1 saturated heterocycles. The molecule has 2 unspecified atom stereocenters. The number of rotatable bonds is 3. The van der Waals surface area contributed by atoms with Crippen molar-refractivity contribution in [1.82, 2.24) is 5.32 Å². The molecule has 0 aliphatic carbocycles. The van der Waals surface area contributed by atoms with Gasteiger partial charge in [-0.25, -0.2) is 0 Å². The lowest BCUT2D eigenvalue weighted by atomic mass is 9.95. The molecule has 1 aromatic carbocycles. The first kappa shape index (κ1) is 12.6. The van der Waals surface area contributed by atoms with Crippen LogP contribution in [0.15, 0.2) is 18.2 Å². The third kappa shape index (κ3) is 2.86. The van der Waals surface area contributed by atoms with E-state index in [1.807, 2.05) is 7.05 Å². The van der Waals surface area contributed by atoms with Gasteiger partial charge in [-0.2, -0.15) is 0 Å². The molecule has 2 rings (SSSR count). The lowest BCUT2D eigenvalue weighted by molar-refractivity contribution is -0.101. The summed E-state index contributed by atoms with van der Waals surface area (Å²) in [4.78, 5) is 0. The maximum atomic E-state index is 5.79. The second kappa shape index (κ2) is 5.63. The molecule has 3 nitrogen and oxygen atoms in total. The highest BCUT2D eigenvalue weighted by Gasteiger charge is 2.26. The van der Waals surface area contributed by atoms with Crippen LogP contribution in [0.25, 0.3) is 0 Å². The van der Waals surface area contributed by atoms with Crippen LogP contribution in [0, 0.1) is 13.8 Å². The van der Waals surface area contributed by atoms with Crippen LogP contribution < -0.4 is 5.32 Å². The molecule has 1 aromatic rings. The van der Waals surface area contributed by atoms with Crippen LogP contribution in [-0.4, -0.2) is 33.0 Å². The Bertz CT molecular complexity index is 372. The van der Waals surface area contributed by atoms with Crippen LogP contribution in [0.4, 0.5) is 0 Å². The van der Waals surface area contributed by atoms with E-state index >= 15 is 0 Å². The predicted octanol–water partition coefficient (Wildman–Crippen LogP) is 1.98. The van der Waals surface area contributed by atoms with Crippen molar-refractivity contribution >= 4 is 0 Å². The molecule has 0 saturated carbocycles. The van der Waals surface area contributed by atoms with E-state index in [2.05, 4.69) is 37.4 Å². The number of hydrogen-bond donors (Lipinski definition) is 1. The van der Waals surface area contributed by atoms with Gasteiger partial charge in [0, 0.05) is 0 Å². The molecule has 1 aliphatic rings. The smallest absolute Gasteiger partial charge is 0.100 e. The Morgan fingerprint density at radius 2 is 2.12 bits per heavy atom. The van der Waals surface area contributed by atoms with Crippen LogP contribution in [0.5, 0.6) is 0 Å². The monoisotopic (exact) mass is 235 g/mol. The largest absolute Gasteiger partial charge is 0.376 e. The summed E-state index contributed by atoms with van der Waals surface area (Å²) in [5.41, 5.74) is 3.88. The van der Waals surface area contributed by atoms with Gasteiger partial charge >= 0.3 is 0 Å². The molecule has 17 heavy (non-hydrogen) atoms. The van der Waals surface area contributed by atoms with Gasteiger partial charge in [-0.05, 0) is 32.0 Å². The zero-order valence-electron chi connectivity index (χ0n) is 10.8. The van der Waals surface area contributed by atoms with Gasteiger partial charge in [0.25, 0.3) is 0 Å². The number of benzene rings is 1. The van der Waals surface area contributed by atoms with Gasteiger partial charge in [0.05, 0.1) is 25.9 Å². The maximum absolute atomic E-state index is 5.79. The van der Waals surface area contributed by atoms with Crippen molar-refractivity contribution in [2.24, 2.45) is 0 Å². The molecule has 0 bridgehead atoms. The molecule has 1 aliphatic heterocycles. The van der Waals surface area contributed by atoms with E-state index in [1.54, 1.807) is 0 Å². The van der Waals surface area contributed by atoms with Crippen LogP contribution >= 0.6 is 0 Å². The quantitative estimate of drug-likeness (QED) is 0.869. The van der Waals surface area contributed by atoms with Gasteiger partial charge in [0.1, 0.15) is 6.10 Å². The number of aryl methyl sites for hydroxylation is 2. The Hall–Kier alpha value is -0.900. The summed E-state index contributed by atoms with van der Waals surface area (Å²) in [6.45, 7) is 6.32. The zero-order chi connectivity index (χ0) is 12.3. The summed E-state index contributed by atoms with van der Waals surface area (Å²) in [7, 11) is 1.98. The summed E-state index contributed by atoms with van der Waals surface area (Å²) < 4.78 is 11.3. The van der Waals surface area contributed by atoms with Gasteiger partial charge in [0.15, 0.2) is 0 Å². The summed E-state index contributed by atoms with van der Waals surface area (Å²) in [6.07, 6.45) is 0.106. The molecule has 1 N–H and O–H groups in total. The first-order valence-corrected chi connectivity index (χ1v) is 6.16. The fraction of sp³-hybridized carbons (Fsp3) is 0.571. The summed E-state index contributed by atoms with van der Waals surface area (Å²) >= 11 is 0. The molecule has 3 heteroatoms. The fourth-order valence-corrected chi connectivity index (χ4v) is 2.34. The van der Waals surface area contributed by atoms with E-state index in [9.17, 15) is 0 Å². The second-order valence-corrected chi connectivity index (χ2v) is 4.61. The lowest BCUT2D eigenvalue weighted by Gasteiger charge is -2.31. The van der Waals surface area contributed by atoms with E-state index in [4.69, 9.17) is 9.47 Å². The van der Waals surface area contributed by atoms with Crippen molar-refractivity contribution in [2.75, 3.05) is 26.9 Å². The van der Waals surface area contributed by atoms with E-state index in [1.165, 1.54) is 16.7 Å². The van der Waals surface area contributed by atoms with Crippen molar-refractivity contribution in [3.05, 3.63) is 34.9 Å². The fourth-order valence-electron chi connectivity index (χ4n) is 2.34. The highest BCUT2D eigenvalue weighted by molar-refractivity contribution is 5.33. The Labute approximate surface area is 103 Å². The zero-order valence-corrected chi connectivity index (χ0v) is 10.8. The average Bonchev–Trinajstić information content (AvgIpc) is 2.36. The van der Waals surface area contributed by atoms with Crippen molar-refractivity contribution in [1.29, 1.82) is 0 Å². The Balaban J connectivity index is 2.24. The van der Waals surface area contributed by atoms with Crippen molar-refractivity contribution in [3.8, 4) is 0 Å². The molecule has 1 heterocycles. The van der Waals surface area contributed by atoms with Crippen molar-refractivity contribution in [3.63, 3.8) is 0 Å². The molecule has 0 spiro atoms. The van der Waals surface area contributed by atoms with Gasteiger partial charge in [-0.15, -0.1) is 0 Å². The normalized spacial score (nSPS) is 22.4. The topological polar surface area (TPSA) is 30.5 Å². The van der Waals surface area contributed by atoms with E-state index in [0.29, 0.717) is 19.8 Å². The summed E-state index contributed by atoms with van der Waals surface area (Å²) in [6, 6.07) is 6.74. The second-order valence-electron chi connectivity index (χ2n) is 4.61. The molecule has 0 amide bonds. The van der Waals surface area contributed by atoms with E-state index in [0.717, 1.165) is 0 Å². The van der Waals surface area contributed by atoms with Gasteiger partial charge in [0.2, 0.25) is 0 Å². The Morgan fingerprint density at radius 3 is 2.76 bits per heavy atom. The maximum Gasteiger partial charge on any atom is 0.100 e. The number of likely N-dealkylation sites (N-methyl/N-ethyl adjacent to an activating group) is 1. The van der Waals surface area contributed by atoms with Crippen LogP contribution in [0.1, 0.15) is 22.7 Å². The first-order valence-electron chi connectivity index (χ1n) is 6.16. The summed E-state index contributed by atoms with van der Waals surface area (Å²) in [5, 5.41) is 3.35. The predicted molar refractivity (Wildman–Crippen MR) is 68.3 cm³/mol. The molecule has 1 fully saturated rings. The molecule has 94 valence electrons. The van der Waals surface area contributed by atoms with Crippen LogP contribution in [-0.2, 0) is 9.47 Å². The molecular formula is C14H21NO2. The molecule has 2 atom stereocenters. The standard InChI is InChI=1S/C14H21NO2/c1-10-4-5-11(2)12(8-10)14(15-3)13-9-16-6-7-17-13/h4-5,8,13-15H,6-7,9H2,1-3H3. The van der Waals surface area contributed by atoms with Crippen molar-refractivity contribution < 1.29 is 9.47 Å². The van der Waals surface area contributed by atoms with Crippen molar-refractivity contribution in [2.45, 2.75) is 26.0 Å². The SMILES string of the molecule is CNC(c1cc(C)ccc1C)C1COCCO1. The average molecular weight is 235 g/mol. The molecule has 0 aromatic heterocycles. The summed E-state index contributed by atoms with van der Waals surface area (Å²) in [5.74, 6) is 0. The Morgan fingerprint density at radius 1 is 1.29 bits per heavy atom. The van der Waals surface area contributed by atoms with Gasteiger partial charge in [-0.1, -0.05) is 23.8 Å². The lowest BCUT2D eigenvalue weighted by Crippen LogP contribution is -2.39. The third-order valence-corrected chi connectivity index (χ3v) is 3.29. The number of ether oxygens (including phenoxy) is 2. The first-order chi connectivity index (χ1) is 8.22. The third-order valence-electron chi connectivity index (χ3n) is 3.29. The highest BCUT2D eigenvalue weighted by Crippen LogP contribution is 2.25. The molecular weight excluding hydrogens is 214 g/mol. The van der Waals surface area contributed by atoms with E-state index in [-0.39, 0.29) is 12.1 Å². The Kier molecular flexibility index (Phi) is 4.15. The van der Waals surface area contributed by atoms with E-state index < -0.39 is 0 Å². The molecule has 0 radical (unpaired) electrons. The minimum absolute atomic E-state index is 0.106. The number of nitrogens with one attached hydrogen (secondary N) is 1. The minimum Gasteiger partial charge on any atom is -0.376 e. The highest BCUT2D eigenvalue weighted by atomic mass is 16.6. The minimum atomic E-state index is 0.106.